The summed E-state index contributed by atoms with van der Waals surface area (Å²) in [7, 11) is 1.76. The predicted octanol–water partition coefficient (Wildman–Crippen LogP) is 2.57. The molecule has 1 amide bonds. The summed E-state index contributed by atoms with van der Waals surface area (Å²) in [6.45, 7) is 3.45. The van der Waals surface area contributed by atoms with Crippen molar-refractivity contribution < 1.29 is 9.53 Å². The second kappa shape index (κ2) is 9.53. The Labute approximate surface area is 128 Å². The zero-order chi connectivity index (χ0) is 15.6. The van der Waals surface area contributed by atoms with Crippen molar-refractivity contribution in [2.24, 2.45) is 5.73 Å². The fourth-order valence-corrected chi connectivity index (χ4v) is 2.48. The van der Waals surface area contributed by atoms with Gasteiger partial charge in [0.1, 0.15) is 5.54 Å². The molecule has 1 rings (SSSR count). The Bertz CT molecular complexity index is 409. The molecule has 0 bridgehead atoms. The number of nitrogens with one attached hydrogen (secondary N) is 1. The van der Waals surface area contributed by atoms with E-state index in [1.165, 1.54) is 19.3 Å². The Morgan fingerprint density at radius 1 is 1.19 bits per heavy atom. The molecule has 0 heterocycles. The van der Waals surface area contributed by atoms with Gasteiger partial charge in [0.25, 0.3) is 0 Å². The molecule has 1 unspecified atom stereocenters. The van der Waals surface area contributed by atoms with Gasteiger partial charge in [-0.1, -0.05) is 56.5 Å². The summed E-state index contributed by atoms with van der Waals surface area (Å²) in [5.74, 6) is -0.370. The number of hydrogen-bond acceptors (Lipinski definition) is 3. The van der Waals surface area contributed by atoms with Gasteiger partial charge in [0, 0.05) is 19.6 Å². The molecule has 0 saturated carbocycles. The van der Waals surface area contributed by atoms with E-state index < -0.39 is 5.54 Å². The molecule has 0 aromatic heterocycles. The smallest absolute Gasteiger partial charge is 0.242 e. The first-order valence-electron chi connectivity index (χ1n) is 7.79. The number of unbranched alkanes of at least 4 members (excludes halogenated alkanes) is 3. The quantitative estimate of drug-likeness (QED) is 0.616. The van der Waals surface area contributed by atoms with Crippen LogP contribution in [0.3, 0.4) is 0 Å². The molecule has 1 aromatic rings. The molecule has 4 nitrogen and oxygen atoms in total. The third kappa shape index (κ3) is 5.14. The monoisotopic (exact) mass is 292 g/mol. The van der Waals surface area contributed by atoms with Crippen LogP contribution < -0.4 is 11.1 Å². The van der Waals surface area contributed by atoms with Gasteiger partial charge in [-0.15, -0.1) is 0 Å². The Morgan fingerprint density at radius 3 is 2.48 bits per heavy atom. The third-order valence-electron chi connectivity index (χ3n) is 3.88. The SMILES string of the molecule is CCCCCCOCCC(NC)(C(N)=O)c1ccccc1. The summed E-state index contributed by atoms with van der Waals surface area (Å²) in [5, 5.41) is 3.09. The minimum Gasteiger partial charge on any atom is -0.381 e. The summed E-state index contributed by atoms with van der Waals surface area (Å²) in [5.41, 5.74) is 5.67. The van der Waals surface area contributed by atoms with Crippen LogP contribution in [-0.2, 0) is 15.1 Å². The van der Waals surface area contributed by atoms with Gasteiger partial charge >= 0.3 is 0 Å². The second-order valence-corrected chi connectivity index (χ2v) is 5.31. The minimum absolute atomic E-state index is 0.370. The first-order chi connectivity index (χ1) is 10.2. The Hall–Kier alpha value is -1.39. The van der Waals surface area contributed by atoms with E-state index in [1.807, 2.05) is 30.3 Å². The molecular formula is C17H28N2O2. The highest BCUT2D eigenvalue weighted by molar-refractivity contribution is 5.86. The maximum atomic E-state index is 12.0. The van der Waals surface area contributed by atoms with Gasteiger partial charge < -0.3 is 15.8 Å². The van der Waals surface area contributed by atoms with Crippen LogP contribution in [0.1, 0.15) is 44.6 Å². The predicted molar refractivity (Wildman–Crippen MR) is 86.0 cm³/mol. The molecular weight excluding hydrogens is 264 g/mol. The highest BCUT2D eigenvalue weighted by atomic mass is 16.5. The molecule has 0 aliphatic heterocycles. The molecule has 4 heteroatoms. The van der Waals surface area contributed by atoms with E-state index >= 15 is 0 Å². The molecule has 3 N–H and O–H groups in total. The third-order valence-corrected chi connectivity index (χ3v) is 3.88. The molecule has 0 spiro atoms. The molecule has 0 fully saturated rings. The second-order valence-electron chi connectivity index (χ2n) is 5.31. The van der Waals surface area contributed by atoms with Crippen LogP contribution in [0.4, 0.5) is 0 Å². The van der Waals surface area contributed by atoms with Crippen LogP contribution in [0.25, 0.3) is 0 Å². The summed E-state index contributed by atoms with van der Waals surface area (Å²) < 4.78 is 5.66. The lowest BCUT2D eigenvalue weighted by Crippen LogP contribution is -2.51. The van der Waals surface area contributed by atoms with Gasteiger partial charge in [-0.25, -0.2) is 0 Å². The van der Waals surface area contributed by atoms with Crippen LogP contribution in [0.5, 0.6) is 0 Å². The van der Waals surface area contributed by atoms with Crippen LogP contribution in [0.15, 0.2) is 30.3 Å². The Kier molecular flexibility index (Phi) is 8.01. The van der Waals surface area contributed by atoms with E-state index in [0.29, 0.717) is 13.0 Å². The molecule has 21 heavy (non-hydrogen) atoms. The average molecular weight is 292 g/mol. The normalized spacial score (nSPS) is 13.8. The number of carbonyl (C=O) groups is 1. The topological polar surface area (TPSA) is 64.3 Å². The number of ether oxygens (including phenoxy) is 1. The van der Waals surface area contributed by atoms with Gasteiger partial charge in [0.05, 0.1) is 0 Å². The molecule has 1 aromatic carbocycles. The van der Waals surface area contributed by atoms with Crippen molar-refractivity contribution in [3.05, 3.63) is 35.9 Å². The number of amides is 1. The summed E-state index contributed by atoms with van der Waals surface area (Å²) in [6.07, 6.45) is 5.27. The van der Waals surface area contributed by atoms with Gasteiger partial charge in [0.15, 0.2) is 0 Å². The van der Waals surface area contributed by atoms with E-state index in [9.17, 15) is 4.79 Å². The number of hydrogen-bond donors (Lipinski definition) is 2. The van der Waals surface area contributed by atoms with Crippen LogP contribution in [0.2, 0.25) is 0 Å². The summed E-state index contributed by atoms with van der Waals surface area (Å²) in [4.78, 5) is 12.0. The van der Waals surface area contributed by atoms with E-state index in [2.05, 4.69) is 12.2 Å². The average Bonchev–Trinajstić information content (AvgIpc) is 2.51. The first-order valence-corrected chi connectivity index (χ1v) is 7.79. The Morgan fingerprint density at radius 2 is 1.90 bits per heavy atom. The molecule has 118 valence electrons. The summed E-state index contributed by atoms with van der Waals surface area (Å²) in [6, 6.07) is 9.59. The van der Waals surface area contributed by atoms with Crippen molar-refractivity contribution in [2.75, 3.05) is 20.3 Å². The highest BCUT2D eigenvalue weighted by Gasteiger charge is 2.36. The fraction of sp³-hybridized carbons (Fsp3) is 0.588. The van der Waals surface area contributed by atoms with Crippen LogP contribution in [0, 0.1) is 0 Å². The minimum atomic E-state index is -0.856. The van der Waals surface area contributed by atoms with Crippen LogP contribution >= 0.6 is 0 Å². The van der Waals surface area contributed by atoms with E-state index in [0.717, 1.165) is 18.6 Å². The van der Waals surface area contributed by atoms with Gasteiger partial charge in [-0.3, -0.25) is 4.79 Å². The molecule has 0 aliphatic rings. The molecule has 0 aliphatic carbocycles. The van der Waals surface area contributed by atoms with E-state index in [-0.39, 0.29) is 5.91 Å². The highest BCUT2D eigenvalue weighted by Crippen LogP contribution is 2.24. The standard InChI is InChI=1S/C17H28N2O2/c1-3-4-5-9-13-21-14-12-17(19-2,16(18)20)15-10-7-6-8-11-15/h6-8,10-11,19H,3-5,9,12-14H2,1-2H3,(H2,18,20). The largest absolute Gasteiger partial charge is 0.381 e. The lowest BCUT2D eigenvalue weighted by molar-refractivity contribution is -0.125. The number of rotatable bonds is 11. The van der Waals surface area contributed by atoms with Crippen molar-refractivity contribution in [3.63, 3.8) is 0 Å². The summed E-state index contributed by atoms with van der Waals surface area (Å²) >= 11 is 0. The van der Waals surface area contributed by atoms with Crippen molar-refractivity contribution in [1.29, 1.82) is 0 Å². The van der Waals surface area contributed by atoms with E-state index in [4.69, 9.17) is 10.5 Å². The number of carbonyl (C=O) groups excluding carboxylic acids is 1. The number of likely N-dealkylation sites (N-methyl/N-ethyl adjacent to an activating group) is 1. The van der Waals surface area contributed by atoms with Gasteiger partial charge in [0.2, 0.25) is 5.91 Å². The molecule has 0 saturated heterocycles. The first kappa shape index (κ1) is 17.7. The number of nitrogens with two attached hydrogens (primary N) is 1. The van der Waals surface area contributed by atoms with Crippen molar-refractivity contribution in [1.82, 2.24) is 5.32 Å². The zero-order valence-corrected chi connectivity index (χ0v) is 13.2. The van der Waals surface area contributed by atoms with Crippen molar-refractivity contribution in [2.45, 2.75) is 44.6 Å². The lowest BCUT2D eigenvalue weighted by Gasteiger charge is -2.30. The maximum Gasteiger partial charge on any atom is 0.242 e. The van der Waals surface area contributed by atoms with Gasteiger partial charge in [-0.2, -0.15) is 0 Å². The fourth-order valence-electron chi connectivity index (χ4n) is 2.48. The van der Waals surface area contributed by atoms with E-state index in [1.54, 1.807) is 7.05 Å². The van der Waals surface area contributed by atoms with Crippen LogP contribution in [-0.4, -0.2) is 26.2 Å². The van der Waals surface area contributed by atoms with Crippen molar-refractivity contribution in [3.8, 4) is 0 Å². The van der Waals surface area contributed by atoms with Crippen molar-refractivity contribution >= 4 is 5.91 Å². The molecule has 0 radical (unpaired) electrons. The van der Waals surface area contributed by atoms with Gasteiger partial charge in [-0.05, 0) is 19.0 Å². The lowest BCUT2D eigenvalue weighted by atomic mass is 9.86. The number of benzene rings is 1. The molecule has 1 atom stereocenters. The Balaban J connectivity index is 2.54. The zero-order valence-electron chi connectivity index (χ0n) is 13.2. The number of primary amides is 1. The maximum absolute atomic E-state index is 12.0.